The van der Waals surface area contributed by atoms with Gasteiger partial charge >= 0.3 is 0 Å². The molecule has 1 heterocycles. The zero-order valence-electron chi connectivity index (χ0n) is 7.36. The molecule has 0 saturated carbocycles. The Morgan fingerprint density at radius 2 is 2.50 bits per heavy atom. The van der Waals surface area contributed by atoms with Crippen LogP contribution in [-0.2, 0) is 0 Å². The Labute approximate surface area is 78.2 Å². The molecule has 0 amide bonds. The molecule has 0 aromatic carbocycles. The van der Waals surface area contributed by atoms with Crippen LogP contribution in [0.2, 0.25) is 0 Å². The molecule has 0 aliphatic carbocycles. The maximum Gasteiger partial charge on any atom is -0.00209 e. The smallest absolute Gasteiger partial charge is 0.00209 e. The van der Waals surface area contributed by atoms with Gasteiger partial charge in [0.25, 0.3) is 0 Å². The van der Waals surface area contributed by atoms with Crippen molar-refractivity contribution in [2.45, 2.75) is 13.3 Å². The molecule has 0 N–H and O–H groups in total. The minimum Gasteiger partial charge on any atom is -0.152 e. The van der Waals surface area contributed by atoms with Crippen LogP contribution in [-0.4, -0.2) is 0 Å². The minimum atomic E-state index is 0.599. The van der Waals surface area contributed by atoms with Crippen molar-refractivity contribution >= 4 is 17.4 Å². The van der Waals surface area contributed by atoms with E-state index < -0.39 is 0 Å². The van der Waals surface area contributed by atoms with E-state index in [-0.39, 0.29) is 0 Å². The second-order valence-electron chi connectivity index (χ2n) is 2.92. The number of thiophene rings is 1. The van der Waals surface area contributed by atoms with Crippen molar-refractivity contribution in [2.75, 3.05) is 0 Å². The lowest BCUT2D eigenvalue weighted by molar-refractivity contribution is 0.749. The molecule has 0 saturated heterocycles. The standard InChI is InChI=1S/C11H14S/c1-3-4-10(2)5-6-11-7-8-12-9-11/h3,5-10H,1,4H2,2H3/b6-5+/t10-/m0/s1. The fraction of sp³-hybridized carbons (Fsp3) is 0.273. The maximum absolute atomic E-state index is 3.71. The third-order valence-corrected chi connectivity index (χ3v) is 2.40. The molecule has 0 unspecified atom stereocenters. The van der Waals surface area contributed by atoms with Gasteiger partial charge in [0.2, 0.25) is 0 Å². The Morgan fingerprint density at radius 1 is 1.67 bits per heavy atom. The summed E-state index contributed by atoms with van der Waals surface area (Å²) in [5.74, 6) is 0.599. The highest BCUT2D eigenvalue weighted by Crippen LogP contribution is 2.11. The summed E-state index contributed by atoms with van der Waals surface area (Å²) in [7, 11) is 0. The summed E-state index contributed by atoms with van der Waals surface area (Å²) in [5.41, 5.74) is 1.30. The summed E-state index contributed by atoms with van der Waals surface area (Å²) in [6, 6.07) is 2.13. The summed E-state index contributed by atoms with van der Waals surface area (Å²) >= 11 is 1.73. The molecule has 1 aromatic rings. The highest BCUT2D eigenvalue weighted by Gasteiger charge is 1.92. The molecular formula is C11H14S. The summed E-state index contributed by atoms with van der Waals surface area (Å²) in [4.78, 5) is 0. The highest BCUT2D eigenvalue weighted by molar-refractivity contribution is 7.08. The fourth-order valence-electron chi connectivity index (χ4n) is 0.987. The van der Waals surface area contributed by atoms with E-state index in [0.29, 0.717) is 5.92 Å². The Kier molecular flexibility index (Phi) is 3.81. The van der Waals surface area contributed by atoms with Crippen molar-refractivity contribution < 1.29 is 0 Å². The van der Waals surface area contributed by atoms with Gasteiger partial charge in [-0.2, -0.15) is 11.3 Å². The predicted molar refractivity (Wildman–Crippen MR) is 57.3 cm³/mol. The highest BCUT2D eigenvalue weighted by atomic mass is 32.1. The van der Waals surface area contributed by atoms with Gasteiger partial charge in [-0.25, -0.2) is 0 Å². The van der Waals surface area contributed by atoms with Gasteiger partial charge in [-0.05, 0) is 34.7 Å². The summed E-state index contributed by atoms with van der Waals surface area (Å²) in [5, 5.41) is 4.25. The van der Waals surface area contributed by atoms with Gasteiger partial charge < -0.3 is 0 Å². The molecule has 0 aliphatic heterocycles. The van der Waals surface area contributed by atoms with E-state index >= 15 is 0 Å². The number of hydrogen-bond acceptors (Lipinski definition) is 1. The van der Waals surface area contributed by atoms with Crippen LogP contribution in [0.1, 0.15) is 18.9 Å². The van der Waals surface area contributed by atoms with Crippen LogP contribution in [0.25, 0.3) is 6.08 Å². The van der Waals surface area contributed by atoms with E-state index in [0.717, 1.165) is 6.42 Å². The molecule has 1 heteroatoms. The van der Waals surface area contributed by atoms with E-state index in [2.05, 4.69) is 42.5 Å². The normalized spacial score (nSPS) is 13.4. The van der Waals surface area contributed by atoms with Crippen LogP contribution in [0, 0.1) is 5.92 Å². The molecule has 64 valence electrons. The number of rotatable bonds is 4. The lowest BCUT2D eigenvalue weighted by Gasteiger charge is -1.98. The molecule has 0 radical (unpaired) electrons. The molecule has 1 rings (SSSR count). The Hall–Kier alpha value is -0.820. The zero-order valence-corrected chi connectivity index (χ0v) is 8.18. The third-order valence-electron chi connectivity index (χ3n) is 1.70. The van der Waals surface area contributed by atoms with Gasteiger partial charge in [0.05, 0.1) is 0 Å². The van der Waals surface area contributed by atoms with Crippen molar-refractivity contribution in [1.29, 1.82) is 0 Å². The lowest BCUT2D eigenvalue weighted by Crippen LogP contribution is -1.84. The summed E-state index contributed by atoms with van der Waals surface area (Å²) in [6.07, 6.45) is 7.41. The first kappa shape index (κ1) is 9.27. The van der Waals surface area contributed by atoms with E-state index in [1.54, 1.807) is 11.3 Å². The first-order chi connectivity index (χ1) is 5.83. The number of allylic oxidation sites excluding steroid dienone is 2. The van der Waals surface area contributed by atoms with Crippen molar-refractivity contribution in [3.05, 3.63) is 41.1 Å². The molecule has 0 nitrogen and oxygen atoms in total. The Balaban J connectivity index is 2.44. The molecular weight excluding hydrogens is 164 g/mol. The van der Waals surface area contributed by atoms with Crippen LogP contribution in [0.4, 0.5) is 0 Å². The zero-order chi connectivity index (χ0) is 8.81. The molecule has 0 bridgehead atoms. The van der Waals surface area contributed by atoms with E-state index in [1.807, 2.05) is 6.08 Å². The Morgan fingerprint density at radius 3 is 3.08 bits per heavy atom. The molecule has 0 spiro atoms. The van der Waals surface area contributed by atoms with E-state index in [9.17, 15) is 0 Å². The quantitative estimate of drug-likeness (QED) is 0.612. The van der Waals surface area contributed by atoms with Crippen LogP contribution in [0.5, 0.6) is 0 Å². The SMILES string of the molecule is C=CC[C@H](C)/C=C/c1ccsc1. The van der Waals surface area contributed by atoms with Gasteiger partial charge in [0, 0.05) is 0 Å². The van der Waals surface area contributed by atoms with Crippen LogP contribution >= 0.6 is 11.3 Å². The Bertz CT molecular complexity index is 244. The van der Waals surface area contributed by atoms with Crippen LogP contribution in [0.3, 0.4) is 0 Å². The molecule has 0 fully saturated rings. The second-order valence-corrected chi connectivity index (χ2v) is 3.70. The second kappa shape index (κ2) is 4.94. The monoisotopic (exact) mass is 178 g/mol. The van der Waals surface area contributed by atoms with Gasteiger partial charge in [-0.1, -0.05) is 25.2 Å². The lowest BCUT2D eigenvalue weighted by atomic mass is 10.1. The average Bonchev–Trinajstić information content (AvgIpc) is 2.53. The first-order valence-electron chi connectivity index (χ1n) is 4.14. The summed E-state index contributed by atoms with van der Waals surface area (Å²) in [6.45, 7) is 5.91. The molecule has 0 aliphatic rings. The third kappa shape index (κ3) is 3.05. The van der Waals surface area contributed by atoms with Crippen molar-refractivity contribution in [3.63, 3.8) is 0 Å². The number of hydrogen-bond donors (Lipinski definition) is 0. The van der Waals surface area contributed by atoms with Gasteiger partial charge in [-0.3, -0.25) is 0 Å². The molecule has 1 atom stereocenters. The van der Waals surface area contributed by atoms with Gasteiger partial charge in [0.15, 0.2) is 0 Å². The van der Waals surface area contributed by atoms with Crippen molar-refractivity contribution in [2.24, 2.45) is 5.92 Å². The van der Waals surface area contributed by atoms with E-state index in [1.165, 1.54) is 5.56 Å². The van der Waals surface area contributed by atoms with Gasteiger partial charge in [0.1, 0.15) is 0 Å². The molecule has 1 aromatic heterocycles. The van der Waals surface area contributed by atoms with Crippen molar-refractivity contribution in [1.82, 2.24) is 0 Å². The van der Waals surface area contributed by atoms with Gasteiger partial charge in [-0.15, -0.1) is 6.58 Å². The van der Waals surface area contributed by atoms with Crippen molar-refractivity contribution in [3.8, 4) is 0 Å². The average molecular weight is 178 g/mol. The minimum absolute atomic E-state index is 0.599. The topological polar surface area (TPSA) is 0 Å². The van der Waals surface area contributed by atoms with E-state index in [4.69, 9.17) is 0 Å². The van der Waals surface area contributed by atoms with Crippen LogP contribution < -0.4 is 0 Å². The maximum atomic E-state index is 3.71. The van der Waals surface area contributed by atoms with Crippen LogP contribution in [0.15, 0.2) is 35.6 Å². The largest absolute Gasteiger partial charge is 0.152 e. The first-order valence-corrected chi connectivity index (χ1v) is 5.08. The predicted octanol–water partition coefficient (Wildman–Crippen LogP) is 3.97. The molecule has 12 heavy (non-hydrogen) atoms. The fourth-order valence-corrected chi connectivity index (χ4v) is 1.62. The summed E-state index contributed by atoms with van der Waals surface area (Å²) < 4.78 is 0.